The van der Waals surface area contributed by atoms with Crippen LogP contribution in [0, 0.1) is 0 Å². The molecule has 0 saturated heterocycles. The quantitative estimate of drug-likeness (QED) is 0.187. The fraction of sp³-hybridized carbons (Fsp3) is 0.0476. The molecule has 0 bridgehead atoms. The van der Waals surface area contributed by atoms with Gasteiger partial charge in [-0.05, 0) is 57.4 Å². The van der Waals surface area contributed by atoms with Crippen molar-refractivity contribution in [1.82, 2.24) is 14.5 Å². The number of rotatable bonds is 4. The summed E-state index contributed by atoms with van der Waals surface area (Å²) in [5.74, 6) is 0.772. The first-order valence-corrected chi connectivity index (χ1v) is 18.9. The van der Waals surface area contributed by atoms with Crippen molar-refractivity contribution in [1.29, 1.82) is 0 Å². The molecule has 1 aliphatic rings. The van der Waals surface area contributed by atoms with Crippen LogP contribution >= 0.6 is 0 Å². The number of nitrogens with zero attached hydrogens (tertiary/aromatic N) is 3. The summed E-state index contributed by atoms with van der Waals surface area (Å²) in [5, 5.41) is 5.27. The number of aromatic nitrogens is 3. The summed E-state index contributed by atoms with van der Waals surface area (Å²) in [6, 6.07) is 54.3. The average Bonchev–Trinajstić information content (AvgIpc) is 3.58. The molecule has 0 fully saturated rings. The largest absolute Gasteiger partial charge is 0.309 e. The minimum atomic E-state index is -2.07. The van der Waals surface area contributed by atoms with Gasteiger partial charge in [-0.2, -0.15) is 0 Å². The van der Waals surface area contributed by atoms with Crippen molar-refractivity contribution < 1.29 is 0 Å². The Labute approximate surface area is 269 Å². The Kier molecular flexibility index (Phi) is 5.96. The van der Waals surface area contributed by atoms with Gasteiger partial charge in [0, 0.05) is 27.6 Å². The lowest BCUT2D eigenvalue weighted by atomic mass is 9.96. The zero-order chi connectivity index (χ0) is 30.8. The van der Waals surface area contributed by atoms with Crippen LogP contribution in [0.2, 0.25) is 13.1 Å². The molecule has 0 spiro atoms. The Balaban J connectivity index is 1.30. The Morgan fingerprint density at radius 3 is 1.96 bits per heavy atom. The van der Waals surface area contributed by atoms with Crippen LogP contribution in [0.1, 0.15) is 0 Å². The SMILES string of the molecule is C[Si]1(C)c2ccccc2-c2nc(-c3ccccc3)nc(-c3cccc(-c4cccc5c4c4ccccc4n5-c4ccccc4)c3)c21. The lowest BCUT2D eigenvalue weighted by Gasteiger charge is -2.22. The van der Waals surface area contributed by atoms with E-state index in [0.29, 0.717) is 0 Å². The van der Waals surface area contributed by atoms with Crippen LogP contribution in [0.25, 0.3) is 72.5 Å². The molecular weight excluding hydrogens is 575 g/mol. The summed E-state index contributed by atoms with van der Waals surface area (Å²) < 4.78 is 2.38. The van der Waals surface area contributed by atoms with Gasteiger partial charge in [0.05, 0.1) is 22.4 Å². The number of para-hydroxylation sites is 2. The van der Waals surface area contributed by atoms with Gasteiger partial charge in [0.2, 0.25) is 0 Å². The molecule has 0 amide bonds. The molecule has 218 valence electrons. The van der Waals surface area contributed by atoms with Crippen molar-refractivity contribution in [2.45, 2.75) is 13.1 Å². The zero-order valence-electron chi connectivity index (χ0n) is 25.8. The van der Waals surface area contributed by atoms with Crippen molar-refractivity contribution in [2.24, 2.45) is 0 Å². The molecule has 3 nitrogen and oxygen atoms in total. The topological polar surface area (TPSA) is 30.7 Å². The summed E-state index contributed by atoms with van der Waals surface area (Å²) in [6.07, 6.45) is 0. The van der Waals surface area contributed by atoms with Crippen LogP contribution in [0.4, 0.5) is 0 Å². The van der Waals surface area contributed by atoms with E-state index in [9.17, 15) is 0 Å². The fourth-order valence-electron chi connectivity index (χ4n) is 7.49. The summed E-state index contributed by atoms with van der Waals surface area (Å²) in [7, 11) is -2.07. The predicted molar refractivity (Wildman–Crippen MR) is 195 cm³/mol. The molecule has 0 unspecified atom stereocenters. The fourth-order valence-corrected chi connectivity index (χ4v) is 10.7. The Morgan fingerprint density at radius 2 is 1.11 bits per heavy atom. The number of hydrogen-bond donors (Lipinski definition) is 0. The van der Waals surface area contributed by atoms with Gasteiger partial charge < -0.3 is 4.57 Å². The molecule has 3 heterocycles. The highest BCUT2D eigenvalue weighted by Gasteiger charge is 2.41. The lowest BCUT2D eigenvalue weighted by molar-refractivity contribution is 1.18. The van der Waals surface area contributed by atoms with Gasteiger partial charge in [0.25, 0.3) is 0 Å². The molecule has 1 aliphatic heterocycles. The average molecular weight is 606 g/mol. The first-order chi connectivity index (χ1) is 22.6. The van der Waals surface area contributed by atoms with Gasteiger partial charge in [-0.1, -0.05) is 134 Å². The standard InChI is InChI=1S/C42H31N3Si/c1-46(2)37-26-12-10-22-34(37)40-41(46)39(43-42(44-40)28-15-5-3-6-16-28)30-18-13-17-29(27-30)32-23-14-25-36-38(32)33-21-9-11-24-35(33)45(36)31-19-7-4-8-20-31/h3-27H,1-2H3. The molecule has 9 rings (SSSR count). The Morgan fingerprint density at radius 1 is 0.500 bits per heavy atom. The third kappa shape index (κ3) is 3.97. The molecule has 4 heteroatoms. The van der Waals surface area contributed by atoms with Crippen LogP contribution in [0.15, 0.2) is 152 Å². The molecule has 0 saturated carbocycles. The maximum absolute atomic E-state index is 5.37. The van der Waals surface area contributed by atoms with Crippen LogP contribution in [-0.4, -0.2) is 22.6 Å². The number of benzene rings is 6. The van der Waals surface area contributed by atoms with Crippen molar-refractivity contribution in [3.63, 3.8) is 0 Å². The number of hydrogen-bond acceptors (Lipinski definition) is 2. The Bertz CT molecular complexity index is 2440. The van der Waals surface area contributed by atoms with Crippen LogP contribution in [0.3, 0.4) is 0 Å². The highest BCUT2D eigenvalue weighted by molar-refractivity contribution is 7.04. The van der Waals surface area contributed by atoms with E-state index in [2.05, 4.69) is 163 Å². The van der Waals surface area contributed by atoms with E-state index in [4.69, 9.17) is 9.97 Å². The maximum Gasteiger partial charge on any atom is 0.160 e. The molecule has 2 aromatic heterocycles. The molecule has 6 aromatic carbocycles. The van der Waals surface area contributed by atoms with Crippen LogP contribution < -0.4 is 10.4 Å². The normalized spacial score (nSPS) is 13.2. The molecule has 0 N–H and O–H groups in total. The molecule has 0 atom stereocenters. The summed E-state index contributed by atoms with van der Waals surface area (Å²) in [6.45, 7) is 4.88. The van der Waals surface area contributed by atoms with E-state index < -0.39 is 8.07 Å². The first kappa shape index (κ1) is 26.8. The zero-order valence-corrected chi connectivity index (χ0v) is 26.8. The lowest BCUT2D eigenvalue weighted by Crippen LogP contribution is -2.50. The van der Waals surface area contributed by atoms with Gasteiger partial charge >= 0.3 is 0 Å². The molecule has 0 radical (unpaired) electrons. The maximum atomic E-state index is 5.37. The van der Waals surface area contributed by atoms with E-state index in [1.54, 1.807) is 0 Å². The van der Waals surface area contributed by atoms with Gasteiger partial charge in [-0.3, -0.25) is 0 Å². The molecule has 0 aliphatic carbocycles. The van der Waals surface area contributed by atoms with E-state index >= 15 is 0 Å². The monoisotopic (exact) mass is 605 g/mol. The molecule has 46 heavy (non-hydrogen) atoms. The first-order valence-electron chi connectivity index (χ1n) is 15.9. The van der Waals surface area contributed by atoms with E-state index in [1.165, 1.54) is 48.9 Å². The van der Waals surface area contributed by atoms with Gasteiger partial charge in [0.1, 0.15) is 8.07 Å². The van der Waals surface area contributed by atoms with Crippen LogP contribution in [0.5, 0.6) is 0 Å². The van der Waals surface area contributed by atoms with Crippen molar-refractivity contribution in [3.8, 4) is 50.7 Å². The summed E-state index contributed by atoms with van der Waals surface area (Å²) in [5.41, 5.74) is 11.5. The summed E-state index contributed by atoms with van der Waals surface area (Å²) >= 11 is 0. The second kappa shape index (κ2) is 10.2. The minimum absolute atomic E-state index is 0.772. The molecular formula is C42H31N3Si. The van der Waals surface area contributed by atoms with E-state index in [0.717, 1.165) is 34.0 Å². The molecule has 8 aromatic rings. The summed E-state index contributed by atoms with van der Waals surface area (Å²) in [4.78, 5) is 10.6. The van der Waals surface area contributed by atoms with Gasteiger partial charge in [0.15, 0.2) is 5.82 Å². The number of fused-ring (bicyclic) bond motifs is 6. The Hall–Kier alpha value is -5.58. The van der Waals surface area contributed by atoms with Crippen molar-refractivity contribution in [3.05, 3.63) is 152 Å². The second-order valence-electron chi connectivity index (χ2n) is 12.6. The smallest absolute Gasteiger partial charge is 0.160 e. The third-order valence-electron chi connectivity index (χ3n) is 9.58. The van der Waals surface area contributed by atoms with E-state index in [1.807, 2.05) is 6.07 Å². The van der Waals surface area contributed by atoms with Crippen LogP contribution in [-0.2, 0) is 0 Å². The van der Waals surface area contributed by atoms with E-state index in [-0.39, 0.29) is 0 Å². The van der Waals surface area contributed by atoms with Crippen molar-refractivity contribution in [2.75, 3.05) is 0 Å². The van der Waals surface area contributed by atoms with Gasteiger partial charge in [-0.15, -0.1) is 0 Å². The van der Waals surface area contributed by atoms with Gasteiger partial charge in [-0.25, -0.2) is 9.97 Å². The van der Waals surface area contributed by atoms with Crippen molar-refractivity contribution >= 4 is 40.3 Å². The highest BCUT2D eigenvalue weighted by Crippen LogP contribution is 2.40. The highest BCUT2D eigenvalue weighted by atomic mass is 28.3. The predicted octanol–water partition coefficient (Wildman–Crippen LogP) is 9.38. The third-order valence-corrected chi connectivity index (χ3v) is 13.1. The minimum Gasteiger partial charge on any atom is -0.309 e. The second-order valence-corrected chi connectivity index (χ2v) is 16.9.